The third-order valence-electron chi connectivity index (χ3n) is 5.12. The van der Waals surface area contributed by atoms with Gasteiger partial charge in [0.05, 0.1) is 11.4 Å². The van der Waals surface area contributed by atoms with E-state index in [0.29, 0.717) is 17.7 Å². The molecule has 2 N–H and O–H groups in total. The van der Waals surface area contributed by atoms with Crippen molar-refractivity contribution < 1.29 is 14.6 Å². The van der Waals surface area contributed by atoms with Gasteiger partial charge in [-0.05, 0) is 64.7 Å². The lowest BCUT2D eigenvalue weighted by molar-refractivity contribution is 0.475. The smallest absolute Gasteiger partial charge is 0.123 e. The Kier molecular flexibility index (Phi) is 3.66. The van der Waals surface area contributed by atoms with Crippen LogP contribution in [0.15, 0.2) is 72.8 Å². The Bertz CT molecular complexity index is 1230. The van der Waals surface area contributed by atoms with Gasteiger partial charge in [0.2, 0.25) is 0 Å². The van der Waals surface area contributed by atoms with Crippen LogP contribution in [0, 0.1) is 5.82 Å². The van der Waals surface area contributed by atoms with E-state index in [4.69, 9.17) is 4.98 Å². The molecular formula is C24H16FNO2. The summed E-state index contributed by atoms with van der Waals surface area (Å²) in [5, 5.41) is 19.9. The summed E-state index contributed by atoms with van der Waals surface area (Å²) in [4.78, 5) is 4.82. The first-order valence-corrected chi connectivity index (χ1v) is 9.00. The van der Waals surface area contributed by atoms with Gasteiger partial charge in [0.1, 0.15) is 17.3 Å². The first-order valence-electron chi connectivity index (χ1n) is 9.00. The van der Waals surface area contributed by atoms with Gasteiger partial charge in [-0.1, -0.05) is 30.3 Å². The van der Waals surface area contributed by atoms with Gasteiger partial charge in [-0.15, -0.1) is 0 Å². The third-order valence-corrected chi connectivity index (χ3v) is 5.12. The van der Waals surface area contributed by atoms with E-state index in [0.717, 1.165) is 33.5 Å². The Morgan fingerprint density at radius 3 is 2.36 bits per heavy atom. The summed E-state index contributed by atoms with van der Waals surface area (Å²) in [6.45, 7) is 0. The Hall–Kier alpha value is -3.66. The van der Waals surface area contributed by atoms with Gasteiger partial charge < -0.3 is 10.2 Å². The normalized spacial score (nSPS) is 11.9. The van der Waals surface area contributed by atoms with Crippen molar-refractivity contribution in [3.63, 3.8) is 0 Å². The van der Waals surface area contributed by atoms with Crippen molar-refractivity contribution in [3.05, 3.63) is 89.7 Å². The average molecular weight is 369 g/mol. The van der Waals surface area contributed by atoms with E-state index in [1.165, 1.54) is 12.1 Å². The van der Waals surface area contributed by atoms with E-state index in [1.807, 2.05) is 24.3 Å². The number of nitrogens with zero attached hydrogens (tertiary/aromatic N) is 1. The van der Waals surface area contributed by atoms with Gasteiger partial charge in [0.15, 0.2) is 0 Å². The Balaban J connectivity index is 1.80. The summed E-state index contributed by atoms with van der Waals surface area (Å²) in [6, 6.07) is 20.7. The molecule has 0 fully saturated rings. The minimum absolute atomic E-state index is 0.184. The fourth-order valence-electron chi connectivity index (χ4n) is 3.83. The number of rotatable bonds is 2. The van der Waals surface area contributed by atoms with Crippen LogP contribution < -0.4 is 0 Å². The lowest BCUT2D eigenvalue weighted by Crippen LogP contribution is -1.95. The second-order valence-corrected chi connectivity index (χ2v) is 6.96. The molecule has 1 aliphatic carbocycles. The van der Waals surface area contributed by atoms with Crippen LogP contribution in [-0.2, 0) is 6.42 Å². The van der Waals surface area contributed by atoms with Crippen LogP contribution in [0.4, 0.5) is 4.39 Å². The summed E-state index contributed by atoms with van der Waals surface area (Å²) < 4.78 is 13.8. The van der Waals surface area contributed by atoms with Gasteiger partial charge in [-0.2, -0.15) is 0 Å². The number of fused-ring (bicyclic) bond motifs is 3. The molecule has 136 valence electrons. The van der Waals surface area contributed by atoms with Crippen molar-refractivity contribution in [1.29, 1.82) is 0 Å². The molecule has 4 heteroatoms. The second kappa shape index (κ2) is 6.20. The van der Waals surface area contributed by atoms with Crippen molar-refractivity contribution in [2.45, 2.75) is 6.42 Å². The molecule has 0 aliphatic heterocycles. The second-order valence-electron chi connectivity index (χ2n) is 6.96. The van der Waals surface area contributed by atoms with Gasteiger partial charge in [0.25, 0.3) is 0 Å². The van der Waals surface area contributed by atoms with Gasteiger partial charge in [-0.3, -0.25) is 0 Å². The molecule has 0 unspecified atom stereocenters. The number of pyridine rings is 1. The van der Waals surface area contributed by atoms with Crippen LogP contribution in [0.3, 0.4) is 0 Å². The fourth-order valence-corrected chi connectivity index (χ4v) is 3.83. The molecule has 28 heavy (non-hydrogen) atoms. The SMILES string of the molecule is Oc1cccc(-c2cc(-c3cccc(F)c3)nc3c2Cc2ccc(O)cc2-3)c1. The number of phenolic OH excluding ortho intramolecular Hbond substituents is 2. The quantitative estimate of drug-likeness (QED) is 0.430. The molecule has 1 heterocycles. The monoisotopic (exact) mass is 369 g/mol. The maximum Gasteiger partial charge on any atom is 0.123 e. The van der Waals surface area contributed by atoms with Gasteiger partial charge in [0, 0.05) is 17.5 Å². The van der Waals surface area contributed by atoms with Crippen LogP contribution in [0.25, 0.3) is 33.6 Å². The molecule has 0 bridgehead atoms. The molecule has 0 saturated heterocycles. The Morgan fingerprint density at radius 1 is 0.750 bits per heavy atom. The zero-order chi connectivity index (χ0) is 19.3. The average Bonchev–Trinajstić information content (AvgIpc) is 3.05. The highest BCUT2D eigenvalue weighted by molar-refractivity contribution is 5.86. The zero-order valence-electron chi connectivity index (χ0n) is 14.9. The maximum atomic E-state index is 13.8. The molecule has 3 nitrogen and oxygen atoms in total. The van der Waals surface area contributed by atoms with Crippen LogP contribution >= 0.6 is 0 Å². The minimum Gasteiger partial charge on any atom is -0.508 e. The lowest BCUT2D eigenvalue weighted by atomic mass is 9.96. The predicted molar refractivity (Wildman–Crippen MR) is 107 cm³/mol. The van der Waals surface area contributed by atoms with E-state index in [1.54, 1.807) is 36.4 Å². The van der Waals surface area contributed by atoms with Crippen molar-refractivity contribution in [2.75, 3.05) is 0 Å². The first-order chi connectivity index (χ1) is 13.6. The number of phenols is 2. The predicted octanol–water partition coefficient (Wildman–Crippen LogP) is 5.54. The van der Waals surface area contributed by atoms with Crippen LogP contribution in [0.5, 0.6) is 11.5 Å². The first kappa shape index (κ1) is 16.5. The van der Waals surface area contributed by atoms with E-state index in [2.05, 4.69) is 0 Å². The fraction of sp³-hybridized carbons (Fsp3) is 0.0417. The molecular weight excluding hydrogens is 353 g/mol. The molecule has 0 amide bonds. The van der Waals surface area contributed by atoms with Crippen molar-refractivity contribution in [3.8, 4) is 45.1 Å². The standard InChI is InChI=1S/C24H16FNO2/c25-17-5-1-4-16(9-17)23-13-20(14-3-2-6-18(27)10-14)22-11-15-7-8-19(28)12-21(15)24(22)26-23/h1-10,12-13,27-28H,11H2. The summed E-state index contributed by atoms with van der Waals surface area (Å²) >= 11 is 0. The number of aromatic nitrogens is 1. The maximum absolute atomic E-state index is 13.8. The van der Waals surface area contributed by atoms with E-state index in [-0.39, 0.29) is 17.3 Å². The third kappa shape index (κ3) is 2.70. The topological polar surface area (TPSA) is 53.4 Å². The number of benzene rings is 3. The molecule has 5 rings (SSSR count). The highest BCUT2D eigenvalue weighted by atomic mass is 19.1. The van der Waals surface area contributed by atoms with Crippen molar-refractivity contribution in [1.82, 2.24) is 4.98 Å². The van der Waals surface area contributed by atoms with Crippen molar-refractivity contribution in [2.24, 2.45) is 0 Å². The van der Waals surface area contributed by atoms with E-state index in [9.17, 15) is 14.6 Å². The Morgan fingerprint density at radius 2 is 1.54 bits per heavy atom. The van der Waals surface area contributed by atoms with Gasteiger partial charge in [-0.25, -0.2) is 9.37 Å². The molecule has 0 atom stereocenters. The van der Waals surface area contributed by atoms with Crippen molar-refractivity contribution >= 4 is 0 Å². The molecule has 1 aliphatic rings. The van der Waals surface area contributed by atoms with Gasteiger partial charge >= 0.3 is 0 Å². The number of aromatic hydroxyl groups is 2. The summed E-state index contributed by atoms with van der Waals surface area (Å²) in [7, 11) is 0. The largest absolute Gasteiger partial charge is 0.508 e. The number of halogens is 1. The molecule has 0 saturated carbocycles. The lowest BCUT2D eigenvalue weighted by Gasteiger charge is -2.12. The van der Waals surface area contributed by atoms with Crippen LogP contribution in [0.1, 0.15) is 11.1 Å². The molecule has 1 aromatic heterocycles. The Labute approximate surface area is 161 Å². The summed E-state index contributed by atoms with van der Waals surface area (Å²) in [6.07, 6.45) is 0.687. The molecule has 4 aromatic rings. The minimum atomic E-state index is -0.322. The molecule has 0 spiro atoms. The van der Waals surface area contributed by atoms with E-state index >= 15 is 0 Å². The number of hydrogen-bond donors (Lipinski definition) is 2. The summed E-state index contributed by atoms with van der Waals surface area (Å²) in [5.41, 5.74) is 6.92. The highest BCUT2D eigenvalue weighted by Crippen LogP contribution is 2.43. The van der Waals surface area contributed by atoms with Crippen LogP contribution in [0.2, 0.25) is 0 Å². The van der Waals surface area contributed by atoms with E-state index < -0.39 is 0 Å². The molecule has 3 aromatic carbocycles. The number of hydrogen-bond acceptors (Lipinski definition) is 3. The zero-order valence-corrected chi connectivity index (χ0v) is 14.9. The summed E-state index contributed by atoms with van der Waals surface area (Å²) in [5.74, 6) is 0.0451. The molecule has 0 radical (unpaired) electrons. The highest BCUT2D eigenvalue weighted by Gasteiger charge is 2.25. The van der Waals surface area contributed by atoms with Crippen LogP contribution in [-0.4, -0.2) is 15.2 Å².